The third kappa shape index (κ3) is 4.74. The summed E-state index contributed by atoms with van der Waals surface area (Å²) in [4.78, 5) is 14.6. The van der Waals surface area contributed by atoms with Gasteiger partial charge in [0.1, 0.15) is 17.3 Å². The van der Waals surface area contributed by atoms with Crippen molar-refractivity contribution in [3.05, 3.63) is 109 Å². The van der Waals surface area contributed by atoms with Crippen LogP contribution in [0.3, 0.4) is 0 Å². The van der Waals surface area contributed by atoms with Crippen molar-refractivity contribution in [2.24, 2.45) is 23.7 Å². The fourth-order valence-electron chi connectivity index (χ4n) is 10.1. The van der Waals surface area contributed by atoms with E-state index in [1.165, 1.54) is 59.8 Å². The van der Waals surface area contributed by atoms with Crippen LogP contribution in [0.15, 0.2) is 104 Å². The van der Waals surface area contributed by atoms with Crippen molar-refractivity contribution in [1.82, 2.24) is 14.5 Å². The van der Waals surface area contributed by atoms with Crippen LogP contribution in [-0.4, -0.2) is 27.2 Å². The molecule has 0 unspecified atom stereocenters. The number of para-hydroxylation sites is 1. The maximum Gasteiger partial charge on any atom is 0.137 e. The van der Waals surface area contributed by atoms with Crippen LogP contribution < -0.4 is 14.5 Å². The first-order chi connectivity index (χ1) is 23.9. The summed E-state index contributed by atoms with van der Waals surface area (Å²) < 4.78 is 8.95. The molecule has 4 heterocycles. The van der Waals surface area contributed by atoms with Gasteiger partial charge in [-0.15, -0.1) is 0 Å². The lowest BCUT2D eigenvalue weighted by atomic mass is 9.54. The standard InChI is InChI=1S/C43H43N5O/c1-43(2,3)31-13-16-45-41(22-31)48-37-10-5-4-9-35(37)36-12-11-34(24-39(36)48)49-33-8-6-7-32(23-33)46-26-47(40-25-44-15-14-38(40)46)42-29-18-27-17-28(20-29)21-30(42)19-27/h4-16,22-25,27-30,42H,17-21,26H2,1-3H3. The zero-order valence-electron chi connectivity index (χ0n) is 28.6. The maximum absolute atomic E-state index is 6.67. The van der Waals surface area contributed by atoms with Gasteiger partial charge in [-0.1, -0.05) is 45.0 Å². The third-order valence-electron chi connectivity index (χ3n) is 12.1. The molecule has 11 rings (SSSR count). The Morgan fingerprint density at radius 3 is 2.29 bits per heavy atom. The fraction of sp³-hybridized carbons (Fsp3) is 0.349. The Morgan fingerprint density at radius 1 is 0.694 bits per heavy atom. The van der Waals surface area contributed by atoms with Crippen molar-refractivity contribution in [3.63, 3.8) is 0 Å². The van der Waals surface area contributed by atoms with Gasteiger partial charge >= 0.3 is 0 Å². The molecule has 0 N–H and O–H groups in total. The molecule has 6 heteroatoms. The molecule has 4 aliphatic carbocycles. The van der Waals surface area contributed by atoms with Crippen molar-refractivity contribution in [2.45, 2.75) is 64.3 Å². The second kappa shape index (κ2) is 10.8. The first kappa shape index (κ1) is 29.1. The average Bonchev–Trinajstić information content (AvgIpc) is 3.64. The topological polar surface area (TPSA) is 46.4 Å². The quantitative estimate of drug-likeness (QED) is 0.187. The van der Waals surface area contributed by atoms with Crippen LogP contribution in [0.1, 0.15) is 58.4 Å². The van der Waals surface area contributed by atoms with Gasteiger partial charge < -0.3 is 14.5 Å². The number of benzene rings is 3. The van der Waals surface area contributed by atoms with E-state index in [0.717, 1.165) is 64.4 Å². The SMILES string of the molecule is CC(C)(C)c1ccnc(-n2c3ccccc3c3ccc(Oc4cccc(N5CN(C6C7CC8CC(C7)CC6C8)c6cnccc65)c4)cc32)c1. The van der Waals surface area contributed by atoms with E-state index in [4.69, 9.17) is 9.72 Å². The van der Waals surface area contributed by atoms with E-state index in [-0.39, 0.29) is 5.41 Å². The Morgan fingerprint density at radius 2 is 1.47 bits per heavy atom. The van der Waals surface area contributed by atoms with Crippen molar-refractivity contribution in [1.29, 1.82) is 0 Å². The van der Waals surface area contributed by atoms with E-state index >= 15 is 0 Å². The summed E-state index contributed by atoms with van der Waals surface area (Å²) in [6.07, 6.45) is 13.1. The minimum atomic E-state index is 0.0226. The van der Waals surface area contributed by atoms with Gasteiger partial charge in [-0.3, -0.25) is 9.55 Å². The fourth-order valence-corrected chi connectivity index (χ4v) is 10.1. The van der Waals surface area contributed by atoms with Gasteiger partial charge in [0, 0.05) is 47.0 Å². The van der Waals surface area contributed by atoms with Crippen LogP contribution in [0.4, 0.5) is 17.1 Å². The van der Waals surface area contributed by atoms with Crippen LogP contribution in [0, 0.1) is 23.7 Å². The molecule has 4 bridgehead atoms. The smallest absolute Gasteiger partial charge is 0.137 e. The number of rotatable bonds is 5. The molecule has 49 heavy (non-hydrogen) atoms. The number of fused-ring (bicyclic) bond motifs is 4. The van der Waals surface area contributed by atoms with Crippen molar-refractivity contribution in [3.8, 4) is 17.3 Å². The maximum atomic E-state index is 6.67. The molecule has 0 spiro atoms. The van der Waals surface area contributed by atoms with Crippen molar-refractivity contribution >= 4 is 38.9 Å². The highest BCUT2D eigenvalue weighted by Gasteiger charge is 2.51. The summed E-state index contributed by atoms with van der Waals surface area (Å²) in [6, 6.07) is 30.8. The third-order valence-corrected chi connectivity index (χ3v) is 12.1. The summed E-state index contributed by atoms with van der Waals surface area (Å²) in [5, 5.41) is 2.40. The molecular weight excluding hydrogens is 603 g/mol. The number of anilines is 3. The van der Waals surface area contributed by atoms with E-state index in [2.05, 4.69) is 131 Å². The molecule has 246 valence electrons. The highest BCUT2D eigenvalue weighted by atomic mass is 16.5. The predicted octanol–water partition coefficient (Wildman–Crippen LogP) is 10.4. The minimum absolute atomic E-state index is 0.0226. The van der Waals surface area contributed by atoms with Gasteiger partial charge in [0.2, 0.25) is 0 Å². The van der Waals surface area contributed by atoms with Crippen molar-refractivity contribution < 1.29 is 4.74 Å². The first-order valence-electron chi connectivity index (χ1n) is 18.1. The van der Waals surface area contributed by atoms with Gasteiger partial charge in [0.25, 0.3) is 0 Å². The molecule has 6 nitrogen and oxygen atoms in total. The lowest BCUT2D eigenvalue weighted by molar-refractivity contribution is -0.00220. The van der Waals surface area contributed by atoms with Crippen LogP contribution >= 0.6 is 0 Å². The van der Waals surface area contributed by atoms with Crippen LogP contribution in [-0.2, 0) is 5.41 Å². The molecule has 4 fully saturated rings. The number of nitrogens with zero attached hydrogens (tertiary/aromatic N) is 5. The molecule has 1 aliphatic heterocycles. The summed E-state index contributed by atoms with van der Waals surface area (Å²) in [5.41, 5.74) is 7.19. The van der Waals surface area contributed by atoms with Gasteiger partial charge in [0.15, 0.2) is 0 Å². The van der Waals surface area contributed by atoms with Crippen LogP contribution in [0.5, 0.6) is 11.5 Å². The monoisotopic (exact) mass is 645 g/mol. The highest BCUT2D eigenvalue weighted by molar-refractivity contribution is 6.09. The average molecular weight is 646 g/mol. The van der Waals surface area contributed by atoms with Crippen LogP contribution in [0.2, 0.25) is 0 Å². The molecule has 0 radical (unpaired) electrons. The molecule has 4 saturated carbocycles. The minimum Gasteiger partial charge on any atom is -0.457 e. The summed E-state index contributed by atoms with van der Waals surface area (Å²) in [6.45, 7) is 7.60. The molecule has 5 aliphatic rings. The Bertz CT molecular complexity index is 2200. The predicted molar refractivity (Wildman–Crippen MR) is 198 cm³/mol. The summed E-state index contributed by atoms with van der Waals surface area (Å²) in [7, 11) is 0. The second-order valence-corrected chi connectivity index (χ2v) is 16.1. The molecule has 3 aromatic carbocycles. The van der Waals surface area contributed by atoms with E-state index in [0.29, 0.717) is 6.04 Å². The highest BCUT2D eigenvalue weighted by Crippen LogP contribution is 2.57. The van der Waals surface area contributed by atoms with E-state index < -0.39 is 0 Å². The molecule has 6 aromatic rings. The molecule has 3 aromatic heterocycles. The number of pyridine rings is 2. The zero-order valence-corrected chi connectivity index (χ0v) is 28.6. The lowest BCUT2D eigenvalue weighted by Gasteiger charge is -2.57. The summed E-state index contributed by atoms with van der Waals surface area (Å²) in [5.74, 6) is 6.11. The molecule has 0 saturated heterocycles. The number of hydrogen-bond acceptors (Lipinski definition) is 5. The Labute approximate surface area is 288 Å². The van der Waals surface area contributed by atoms with E-state index in [9.17, 15) is 0 Å². The molecule has 0 amide bonds. The Hall–Kier alpha value is -4.84. The Kier molecular flexibility index (Phi) is 6.43. The number of aromatic nitrogens is 3. The normalized spacial score (nSPS) is 24.3. The van der Waals surface area contributed by atoms with Crippen LogP contribution in [0.25, 0.3) is 27.6 Å². The molecule has 0 atom stereocenters. The molecular formula is C43H43N5O. The van der Waals surface area contributed by atoms with E-state index in [1.807, 2.05) is 12.4 Å². The largest absolute Gasteiger partial charge is 0.457 e. The van der Waals surface area contributed by atoms with Gasteiger partial charge in [-0.25, -0.2) is 4.98 Å². The van der Waals surface area contributed by atoms with Gasteiger partial charge in [-0.05, 0) is 115 Å². The number of hydrogen-bond donors (Lipinski definition) is 0. The Balaban J connectivity index is 0.988. The second-order valence-electron chi connectivity index (χ2n) is 16.1. The van der Waals surface area contributed by atoms with Gasteiger partial charge in [0.05, 0.1) is 35.3 Å². The number of ether oxygens (including phenoxy) is 1. The first-order valence-corrected chi connectivity index (χ1v) is 18.1. The lowest BCUT2D eigenvalue weighted by Crippen LogP contribution is -2.56. The van der Waals surface area contributed by atoms with Gasteiger partial charge in [-0.2, -0.15) is 0 Å². The summed E-state index contributed by atoms with van der Waals surface area (Å²) >= 11 is 0. The van der Waals surface area contributed by atoms with Crippen molar-refractivity contribution in [2.75, 3.05) is 16.5 Å². The zero-order chi connectivity index (χ0) is 32.9. The van der Waals surface area contributed by atoms with E-state index in [1.54, 1.807) is 0 Å².